The van der Waals surface area contributed by atoms with E-state index in [2.05, 4.69) is 10.2 Å². The molecule has 0 aliphatic heterocycles. The van der Waals surface area contributed by atoms with Crippen LogP contribution in [0.1, 0.15) is 30.8 Å². The number of nitrogens with zero attached hydrogens (tertiary/aromatic N) is 1. The molecule has 3 nitrogen and oxygen atoms in total. The van der Waals surface area contributed by atoms with Gasteiger partial charge in [-0.25, -0.2) is 0 Å². The Labute approximate surface area is 67.0 Å². The van der Waals surface area contributed by atoms with Crippen molar-refractivity contribution in [1.82, 2.24) is 10.2 Å². The zero-order chi connectivity index (χ0) is 8.65. The lowest BCUT2D eigenvalue weighted by atomic mass is 9.98. The normalized spacial score (nSPS) is 12.1. The Bertz CT molecular complexity index is 255. The fraction of sp³-hybridized carbons (Fsp3) is 0.625. The van der Waals surface area contributed by atoms with Gasteiger partial charge in [-0.1, -0.05) is 0 Å². The molecule has 0 aliphatic rings. The van der Waals surface area contributed by atoms with Crippen LogP contribution in [-0.4, -0.2) is 10.2 Å². The van der Waals surface area contributed by atoms with Crippen LogP contribution in [0.25, 0.3) is 0 Å². The molecule has 1 rings (SSSR count). The molecule has 0 bridgehead atoms. The van der Waals surface area contributed by atoms with Gasteiger partial charge in [0.1, 0.15) is 0 Å². The third kappa shape index (κ3) is 1.43. The van der Waals surface area contributed by atoms with Crippen LogP contribution in [0.15, 0.2) is 0 Å². The van der Waals surface area contributed by atoms with Gasteiger partial charge in [0.15, 0.2) is 0 Å². The standard InChI is InChI=1S/C8H15N3/c1-5-6(2)10-11-7(5)8(3,4)9/h9H2,1-4H3,(H,10,11). The number of nitrogens with two attached hydrogens (primary N) is 1. The summed E-state index contributed by atoms with van der Waals surface area (Å²) < 4.78 is 0. The van der Waals surface area contributed by atoms with E-state index in [0.29, 0.717) is 0 Å². The molecule has 0 saturated heterocycles. The van der Waals surface area contributed by atoms with Crippen LogP contribution in [0.2, 0.25) is 0 Å². The number of rotatable bonds is 1. The number of aromatic amines is 1. The maximum atomic E-state index is 5.89. The summed E-state index contributed by atoms with van der Waals surface area (Å²) >= 11 is 0. The second-order valence-electron chi connectivity index (χ2n) is 3.54. The van der Waals surface area contributed by atoms with E-state index in [9.17, 15) is 0 Å². The molecule has 62 valence electrons. The van der Waals surface area contributed by atoms with Gasteiger partial charge in [0, 0.05) is 5.69 Å². The van der Waals surface area contributed by atoms with E-state index in [1.807, 2.05) is 27.7 Å². The van der Waals surface area contributed by atoms with Gasteiger partial charge in [-0.3, -0.25) is 5.10 Å². The highest BCUT2D eigenvalue weighted by atomic mass is 15.1. The summed E-state index contributed by atoms with van der Waals surface area (Å²) in [6.07, 6.45) is 0. The minimum Gasteiger partial charge on any atom is -0.321 e. The molecule has 11 heavy (non-hydrogen) atoms. The summed E-state index contributed by atoms with van der Waals surface area (Å²) in [7, 11) is 0. The molecular formula is C8H15N3. The minimum atomic E-state index is -0.338. The molecule has 0 fully saturated rings. The fourth-order valence-electron chi connectivity index (χ4n) is 1.11. The number of hydrogen-bond acceptors (Lipinski definition) is 2. The van der Waals surface area contributed by atoms with Crippen molar-refractivity contribution in [2.75, 3.05) is 0 Å². The first kappa shape index (κ1) is 8.27. The van der Waals surface area contributed by atoms with Gasteiger partial charge in [-0.05, 0) is 33.3 Å². The SMILES string of the molecule is Cc1[nH]nc(C(C)(C)N)c1C. The van der Waals surface area contributed by atoms with Crippen molar-refractivity contribution in [1.29, 1.82) is 0 Å². The monoisotopic (exact) mass is 153 g/mol. The second-order valence-corrected chi connectivity index (χ2v) is 3.54. The topological polar surface area (TPSA) is 54.7 Å². The first-order valence-corrected chi connectivity index (χ1v) is 3.74. The largest absolute Gasteiger partial charge is 0.321 e. The summed E-state index contributed by atoms with van der Waals surface area (Å²) in [6.45, 7) is 7.94. The molecule has 0 spiro atoms. The lowest BCUT2D eigenvalue weighted by Gasteiger charge is -2.16. The van der Waals surface area contributed by atoms with E-state index < -0.39 is 0 Å². The van der Waals surface area contributed by atoms with Crippen molar-refractivity contribution in [3.05, 3.63) is 17.0 Å². The quantitative estimate of drug-likeness (QED) is 0.637. The average molecular weight is 153 g/mol. The van der Waals surface area contributed by atoms with E-state index in [1.54, 1.807) is 0 Å². The Morgan fingerprint density at radius 3 is 2.09 bits per heavy atom. The lowest BCUT2D eigenvalue weighted by molar-refractivity contribution is 0.530. The van der Waals surface area contributed by atoms with E-state index in [4.69, 9.17) is 5.73 Å². The molecule has 0 unspecified atom stereocenters. The number of aromatic nitrogens is 2. The average Bonchev–Trinajstić information content (AvgIpc) is 2.11. The molecule has 3 heteroatoms. The predicted molar refractivity (Wildman–Crippen MR) is 45.3 cm³/mol. The Kier molecular flexibility index (Phi) is 1.76. The van der Waals surface area contributed by atoms with Crippen LogP contribution in [0.5, 0.6) is 0 Å². The van der Waals surface area contributed by atoms with Crippen LogP contribution in [0.3, 0.4) is 0 Å². The van der Waals surface area contributed by atoms with Gasteiger partial charge >= 0.3 is 0 Å². The van der Waals surface area contributed by atoms with Gasteiger partial charge in [0.2, 0.25) is 0 Å². The molecule has 1 heterocycles. The van der Waals surface area contributed by atoms with Gasteiger partial charge in [-0.2, -0.15) is 5.10 Å². The summed E-state index contributed by atoms with van der Waals surface area (Å²) in [4.78, 5) is 0. The molecule has 0 aromatic carbocycles. The molecule has 3 N–H and O–H groups in total. The Balaban J connectivity index is 3.15. The maximum absolute atomic E-state index is 5.89. The molecule has 1 aromatic rings. The van der Waals surface area contributed by atoms with Crippen LogP contribution in [0, 0.1) is 13.8 Å². The highest BCUT2D eigenvalue weighted by Crippen LogP contribution is 2.19. The third-order valence-corrected chi connectivity index (χ3v) is 1.86. The van der Waals surface area contributed by atoms with Crippen LogP contribution in [0.4, 0.5) is 0 Å². The summed E-state index contributed by atoms with van der Waals surface area (Å²) in [5, 5.41) is 7.05. The minimum absolute atomic E-state index is 0.338. The zero-order valence-electron chi connectivity index (χ0n) is 7.52. The predicted octanol–water partition coefficient (Wildman–Crippen LogP) is 1.22. The van der Waals surface area contributed by atoms with Crippen LogP contribution < -0.4 is 5.73 Å². The van der Waals surface area contributed by atoms with Gasteiger partial charge in [0.05, 0.1) is 11.2 Å². The Morgan fingerprint density at radius 1 is 1.36 bits per heavy atom. The molecule has 0 radical (unpaired) electrons. The molecule has 0 aliphatic carbocycles. The van der Waals surface area contributed by atoms with E-state index >= 15 is 0 Å². The van der Waals surface area contributed by atoms with E-state index in [-0.39, 0.29) is 5.54 Å². The number of nitrogens with one attached hydrogen (secondary N) is 1. The van der Waals surface area contributed by atoms with Crippen molar-refractivity contribution in [2.45, 2.75) is 33.2 Å². The molecular weight excluding hydrogens is 138 g/mol. The zero-order valence-corrected chi connectivity index (χ0v) is 7.52. The summed E-state index contributed by atoms with van der Waals surface area (Å²) in [6, 6.07) is 0. The molecule has 0 amide bonds. The highest BCUT2D eigenvalue weighted by Gasteiger charge is 2.20. The molecule has 0 atom stereocenters. The van der Waals surface area contributed by atoms with Gasteiger partial charge < -0.3 is 5.73 Å². The van der Waals surface area contributed by atoms with Crippen molar-refractivity contribution < 1.29 is 0 Å². The first-order chi connectivity index (χ1) is 4.93. The van der Waals surface area contributed by atoms with Crippen molar-refractivity contribution >= 4 is 0 Å². The van der Waals surface area contributed by atoms with Crippen LogP contribution >= 0.6 is 0 Å². The Morgan fingerprint density at radius 2 is 1.91 bits per heavy atom. The van der Waals surface area contributed by atoms with Crippen molar-refractivity contribution in [3.8, 4) is 0 Å². The smallest absolute Gasteiger partial charge is 0.0846 e. The van der Waals surface area contributed by atoms with Crippen molar-refractivity contribution in [3.63, 3.8) is 0 Å². The number of H-pyrrole nitrogens is 1. The third-order valence-electron chi connectivity index (χ3n) is 1.86. The summed E-state index contributed by atoms with van der Waals surface area (Å²) in [5.41, 5.74) is 8.76. The van der Waals surface area contributed by atoms with Crippen molar-refractivity contribution in [2.24, 2.45) is 5.73 Å². The van der Waals surface area contributed by atoms with E-state index in [0.717, 1.165) is 17.0 Å². The first-order valence-electron chi connectivity index (χ1n) is 3.74. The highest BCUT2D eigenvalue weighted by molar-refractivity contribution is 5.27. The molecule has 1 aromatic heterocycles. The number of hydrogen-bond donors (Lipinski definition) is 2. The summed E-state index contributed by atoms with van der Waals surface area (Å²) in [5.74, 6) is 0. The lowest BCUT2D eigenvalue weighted by Crippen LogP contribution is -2.30. The second kappa shape index (κ2) is 2.34. The number of aryl methyl sites for hydroxylation is 1. The fourth-order valence-corrected chi connectivity index (χ4v) is 1.11. The molecule has 0 saturated carbocycles. The van der Waals surface area contributed by atoms with Crippen LogP contribution in [-0.2, 0) is 5.54 Å². The Hall–Kier alpha value is -0.830. The van der Waals surface area contributed by atoms with Gasteiger partial charge in [0.25, 0.3) is 0 Å². The maximum Gasteiger partial charge on any atom is 0.0846 e. The van der Waals surface area contributed by atoms with E-state index in [1.165, 1.54) is 0 Å². The van der Waals surface area contributed by atoms with Gasteiger partial charge in [-0.15, -0.1) is 0 Å².